The third-order valence-corrected chi connectivity index (χ3v) is 9.29. The number of aliphatic hydroxyl groups is 2. The number of nitrogens with two attached hydrogens (primary N) is 1. The SMILES string of the molecule is CC(O)C1(N)Cc2c(O)c3c(c(O)c2C(O[C@H]2C[C@H](N4CCOCC4)[C@@H](O)[C@@H](C)O2)C1)C(=O)c1c(O)cccc1C3=O. The molecule has 0 spiro atoms. The molecule has 42 heavy (non-hydrogen) atoms. The number of phenols is 3. The molecule has 12 heteroatoms. The molecule has 3 unspecified atom stereocenters. The highest BCUT2D eigenvalue weighted by Gasteiger charge is 2.49. The Kier molecular flexibility index (Phi) is 7.29. The molecule has 6 rings (SSSR count). The Morgan fingerprint density at radius 2 is 1.76 bits per heavy atom. The van der Waals surface area contributed by atoms with Gasteiger partial charge in [0.15, 0.2) is 12.1 Å². The fraction of sp³-hybridized carbons (Fsp3) is 0.533. The summed E-state index contributed by atoms with van der Waals surface area (Å²) in [6.07, 6.45) is -4.22. The number of ether oxygens (including phenoxy) is 3. The van der Waals surface area contributed by atoms with Crippen LogP contribution in [-0.4, -0.2) is 104 Å². The zero-order valence-corrected chi connectivity index (χ0v) is 23.4. The molecule has 2 saturated heterocycles. The predicted octanol–water partition coefficient (Wildman–Crippen LogP) is 0.858. The number of carbonyl (C=O) groups excluding carboxylic acids is 2. The quantitative estimate of drug-likeness (QED) is 0.237. The molecule has 0 saturated carbocycles. The monoisotopic (exact) mass is 584 g/mol. The first kappa shape index (κ1) is 29.0. The van der Waals surface area contributed by atoms with E-state index in [0.29, 0.717) is 26.3 Å². The lowest BCUT2D eigenvalue weighted by Crippen LogP contribution is -2.58. The third kappa shape index (κ3) is 4.49. The standard InChI is InChI=1S/C30H36N2O10/c1-13-25(35)17(32-6-8-40-9-7-32)10-20(41-13)42-19-12-30(31,14(2)33)11-16-22(19)29(39)24-23(27(16)37)26(36)15-4-3-5-18(34)21(15)28(24)38/h3-5,13-14,17,19-20,25,33-35,37,39H,6-12,31H2,1-2H3/t13-,14?,17+,19?,20+,25+,30?/m1/s1. The second kappa shape index (κ2) is 10.6. The van der Waals surface area contributed by atoms with Gasteiger partial charge in [-0.05, 0) is 32.8 Å². The van der Waals surface area contributed by atoms with Crippen molar-refractivity contribution < 1.29 is 49.3 Å². The van der Waals surface area contributed by atoms with Crippen LogP contribution in [0.15, 0.2) is 18.2 Å². The Bertz CT molecular complexity index is 1440. The maximum atomic E-state index is 13.6. The number of aliphatic hydroxyl groups excluding tert-OH is 2. The van der Waals surface area contributed by atoms with Crippen molar-refractivity contribution in [1.82, 2.24) is 4.90 Å². The Hall–Kier alpha value is -3.10. The largest absolute Gasteiger partial charge is 0.507 e. The van der Waals surface area contributed by atoms with E-state index >= 15 is 0 Å². The van der Waals surface area contributed by atoms with Gasteiger partial charge in [-0.15, -0.1) is 0 Å². The molecular formula is C30H36N2O10. The fourth-order valence-electron chi connectivity index (χ4n) is 6.84. The van der Waals surface area contributed by atoms with Gasteiger partial charge in [-0.2, -0.15) is 0 Å². The Balaban J connectivity index is 1.43. The molecule has 12 nitrogen and oxygen atoms in total. The topological polar surface area (TPSA) is 192 Å². The minimum atomic E-state index is -1.32. The Labute approximate surface area is 242 Å². The highest BCUT2D eigenvalue weighted by atomic mass is 16.7. The van der Waals surface area contributed by atoms with E-state index in [9.17, 15) is 35.1 Å². The summed E-state index contributed by atoms with van der Waals surface area (Å²) < 4.78 is 17.9. The first-order chi connectivity index (χ1) is 19.9. The first-order valence-corrected chi connectivity index (χ1v) is 14.2. The van der Waals surface area contributed by atoms with E-state index in [4.69, 9.17) is 19.9 Å². The van der Waals surface area contributed by atoms with Crippen LogP contribution in [0.1, 0.15) is 75.8 Å². The Morgan fingerprint density at radius 3 is 2.45 bits per heavy atom. The molecule has 2 heterocycles. The minimum Gasteiger partial charge on any atom is -0.507 e. The van der Waals surface area contributed by atoms with Crippen LogP contribution in [0.25, 0.3) is 0 Å². The van der Waals surface area contributed by atoms with E-state index < -0.39 is 70.6 Å². The molecule has 2 aliphatic heterocycles. The summed E-state index contributed by atoms with van der Waals surface area (Å²) in [4.78, 5) is 29.2. The van der Waals surface area contributed by atoms with Crippen molar-refractivity contribution in [2.45, 2.75) is 75.4 Å². The summed E-state index contributed by atoms with van der Waals surface area (Å²) in [7, 11) is 0. The van der Waals surface area contributed by atoms with Crippen LogP contribution < -0.4 is 5.73 Å². The van der Waals surface area contributed by atoms with E-state index in [1.807, 2.05) is 0 Å². The van der Waals surface area contributed by atoms with Gasteiger partial charge in [0.1, 0.15) is 17.2 Å². The predicted molar refractivity (Wildman–Crippen MR) is 147 cm³/mol. The summed E-state index contributed by atoms with van der Waals surface area (Å²) in [5, 5.41) is 55.1. The van der Waals surface area contributed by atoms with Crippen LogP contribution in [0.4, 0.5) is 0 Å². The summed E-state index contributed by atoms with van der Waals surface area (Å²) >= 11 is 0. The molecule has 2 aromatic rings. The molecule has 0 bridgehead atoms. The number of hydrogen-bond donors (Lipinski definition) is 6. The van der Waals surface area contributed by atoms with Crippen LogP contribution >= 0.6 is 0 Å². The average molecular weight is 585 g/mol. The van der Waals surface area contributed by atoms with E-state index in [2.05, 4.69) is 4.90 Å². The number of rotatable bonds is 4. The first-order valence-electron chi connectivity index (χ1n) is 14.2. The second-order valence-corrected chi connectivity index (χ2v) is 11.8. The normalized spacial score (nSPS) is 32.2. The molecule has 0 radical (unpaired) electrons. The summed E-state index contributed by atoms with van der Waals surface area (Å²) in [6.45, 7) is 5.58. The highest BCUT2D eigenvalue weighted by molar-refractivity contribution is 6.31. The van der Waals surface area contributed by atoms with Crippen LogP contribution in [0.5, 0.6) is 17.2 Å². The second-order valence-electron chi connectivity index (χ2n) is 11.8. The number of ketones is 2. The number of fused-ring (bicyclic) bond motifs is 3. The fourth-order valence-corrected chi connectivity index (χ4v) is 6.84. The summed E-state index contributed by atoms with van der Waals surface area (Å²) in [6, 6.07) is 3.75. The van der Waals surface area contributed by atoms with Gasteiger partial charge in [0.05, 0.1) is 54.3 Å². The van der Waals surface area contributed by atoms with Gasteiger partial charge in [0.2, 0.25) is 5.78 Å². The number of aromatic hydroxyl groups is 3. The van der Waals surface area contributed by atoms with Gasteiger partial charge in [-0.3, -0.25) is 14.5 Å². The number of phenolic OH excluding ortho intramolecular Hbond substituents is 3. The van der Waals surface area contributed by atoms with Crippen LogP contribution in [-0.2, 0) is 20.6 Å². The molecule has 0 aromatic heterocycles. The highest BCUT2D eigenvalue weighted by Crippen LogP contribution is 2.52. The van der Waals surface area contributed by atoms with Crippen molar-refractivity contribution in [3.05, 3.63) is 51.6 Å². The van der Waals surface area contributed by atoms with E-state index in [1.54, 1.807) is 6.92 Å². The summed E-state index contributed by atoms with van der Waals surface area (Å²) in [5.41, 5.74) is 4.30. The van der Waals surface area contributed by atoms with E-state index in [1.165, 1.54) is 25.1 Å². The lowest BCUT2D eigenvalue weighted by molar-refractivity contribution is -0.258. The average Bonchev–Trinajstić information content (AvgIpc) is 2.95. The third-order valence-electron chi connectivity index (χ3n) is 9.29. The number of morpholine rings is 1. The van der Waals surface area contributed by atoms with Crippen molar-refractivity contribution in [2.75, 3.05) is 26.3 Å². The molecule has 226 valence electrons. The van der Waals surface area contributed by atoms with Crippen molar-refractivity contribution >= 4 is 11.6 Å². The molecule has 7 N–H and O–H groups in total. The van der Waals surface area contributed by atoms with Gasteiger partial charge >= 0.3 is 0 Å². The number of carbonyl (C=O) groups is 2. The molecular weight excluding hydrogens is 548 g/mol. The molecule has 0 amide bonds. The maximum absolute atomic E-state index is 13.6. The molecule has 7 atom stereocenters. The van der Waals surface area contributed by atoms with Crippen LogP contribution in [0.2, 0.25) is 0 Å². The van der Waals surface area contributed by atoms with Crippen LogP contribution in [0.3, 0.4) is 0 Å². The summed E-state index contributed by atoms with van der Waals surface area (Å²) in [5.74, 6) is -3.07. The lowest BCUT2D eigenvalue weighted by atomic mass is 9.70. The van der Waals surface area contributed by atoms with Gasteiger partial charge in [-0.1, -0.05) is 12.1 Å². The molecule has 4 aliphatic rings. The lowest BCUT2D eigenvalue weighted by Gasteiger charge is -2.47. The van der Waals surface area contributed by atoms with Crippen molar-refractivity contribution in [2.24, 2.45) is 5.73 Å². The zero-order chi connectivity index (χ0) is 30.1. The molecule has 2 aliphatic carbocycles. The van der Waals surface area contributed by atoms with Gasteiger partial charge < -0.3 is 45.5 Å². The Morgan fingerprint density at radius 1 is 1.07 bits per heavy atom. The van der Waals surface area contributed by atoms with Crippen LogP contribution in [0, 0.1) is 0 Å². The van der Waals surface area contributed by atoms with Gasteiger partial charge in [0.25, 0.3) is 0 Å². The van der Waals surface area contributed by atoms with E-state index in [-0.39, 0.29) is 53.1 Å². The van der Waals surface area contributed by atoms with Crippen molar-refractivity contribution in [3.8, 4) is 17.2 Å². The minimum absolute atomic E-state index is 0.00750. The molecule has 2 fully saturated rings. The van der Waals surface area contributed by atoms with Gasteiger partial charge in [0, 0.05) is 47.8 Å². The number of hydrogen-bond acceptors (Lipinski definition) is 12. The van der Waals surface area contributed by atoms with E-state index in [0.717, 1.165) is 0 Å². The zero-order valence-electron chi connectivity index (χ0n) is 23.4. The smallest absolute Gasteiger partial charge is 0.202 e. The molecule has 2 aromatic carbocycles. The number of benzene rings is 2. The van der Waals surface area contributed by atoms with Crippen molar-refractivity contribution in [1.29, 1.82) is 0 Å². The maximum Gasteiger partial charge on any atom is 0.202 e. The number of nitrogens with zero attached hydrogens (tertiary/aromatic N) is 1. The van der Waals surface area contributed by atoms with Crippen molar-refractivity contribution in [3.63, 3.8) is 0 Å². The van der Waals surface area contributed by atoms with Gasteiger partial charge in [-0.25, -0.2) is 0 Å².